The van der Waals surface area contributed by atoms with E-state index in [1.165, 1.54) is 34.6 Å². The fraction of sp³-hybridized carbons (Fsp3) is 0.316. The highest BCUT2D eigenvalue weighted by atomic mass is 35.5. The molecule has 1 aliphatic heterocycles. The number of rotatable bonds is 6. The van der Waals surface area contributed by atoms with Gasteiger partial charge in [0.2, 0.25) is 15.9 Å². The van der Waals surface area contributed by atoms with Crippen molar-refractivity contribution in [3.8, 4) is 5.75 Å². The van der Waals surface area contributed by atoms with Gasteiger partial charge in [-0.05, 0) is 35.9 Å². The third kappa shape index (κ3) is 5.40. The Hall–Kier alpha value is -1.94. The molecule has 3 rings (SSSR count). The van der Waals surface area contributed by atoms with E-state index in [9.17, 15) is 22.0 Å². The topological polar surface area (TPSA) is 66.9 Å². The van der Waals surface area contributed by atoms with Gasteiger partial charge in [0.05, 0.1) is 21.4 Å². The second-order valence-electron chi connectivity index (χ2n) is 6.56. The van der Waals surface area contributed by atoms with E-state index < -0.39 is 16.6 Å². The van der Waals surface area contributed by atoms with Crippen molar-refractivity contribution in [2.45, 2.75) is 17.9 Å². The summed E-state index contributed by atoms with van der Waals surface area (Å²) in [5.41, 5.74) is 0.646. The van der Waals surface area contributed by atoms with Crippen LogP contribution in [0, 0.1) is 0 Å². The second-order valence-corrected chi connectivity index (χ2v) is 9.31. The summed E-state index contributed by atoms with van der Waals surface area (Å²) in [7, 11) is -3.75. The molecule has 2 aromatic rings. The first kappa shape index (κ1) is 22.7. The first-order chi connectivity index (χ1) is 14.2. The van der Waals surface area contributed by atoms with Gasteiger partial charge in [-0.1, -0.05) is 35.3 Å². The van der Waals surface area contributed by atoms with Crippen LogP contribution in [0.5, 0.6) is 5.75 Å². The molecule has 162 valence electrons. The number of sulfonamides is 1. The molecule has 0 aliphatic carbocycles. The van der Waals surface area contributed by atoms with E-state index in [0.29, 0.717) is 5.56 Å². The average molecular weight is 479 g/mol. The molecule has 6 nitrogen and oxygen atoms in total. The summed E-state index contributed by atoms with van der Waals surface area (Å²) in [6.07, 6.45) is 0.0779. The van der Waals surface area contributed by atoms with Crippen molar-refractivity contribution in [3.63, 3.8) is 0 Å². The summed E-state index contributed by atoms with van der Waals surface area (Å²) in [5, 5.41) is 0.413. The number of hydrogen-bond donors (Lipinski definition) is 0. The van der Waals surface area contributed by atoms with Crippen LogP contribution in [0.25, 0.3) is 0 Å². The maximum absolute atomic E-state index is 12.8. The Balaban J connectivity index is 1.58. The van der Waals surface area contributed by atoms with Gasteiger partial charge in [-0.2, -0.15) is 13.1 Å². The maximum Gasteiger partial charge on any atom is 0.387 e. The number of ether oxygens (including phenoxy) is 1. The lowest BCUT2D eigenvalue weighted by Gasteiger charge is -2.34. The van der Waals surface area contributed by atoms with Crippen LogP contribution in [-0.2, 0) is 21.2 Å². The predicted octanol–water partition coefficient (Wildman–Crippen LogP) is 3.67. The van der Waals surface area contributed by atoms with Crippen LogP contribution in [0.3, 0.4) is 0 Å². The summed E-state index contributed by atoms with van der Waals surface area (Å²) >= 11 is 11.8. The smallest absolute Gasteiger partial charge is 0.387 e. The number of carbonyl (C=O) groups excluding carboxylic acids is 1. The Kier molecular flexibility index (Phi) is 7.18. The number of nitrogens with zero attached hydrogens (tertiary/aromatic N) is 2. The zero-order chi connectivity index (χ0) is 21.9. The van der Waals surface area contributed by atoms with Crippen LogP contribution in [0.4, 0.5) is 8.78 Å². The van der Waals surface area contributed by atoms with Crippen LogP contribution in [0.2, 0.25) is 10.0 Å². The van der Waals surface area contributed by atoms with Crippen molar-refractivity contribution in [2.24, 2.45) is 0 Å². The van der Waals surface area contributed by atoms with E-state index in [0.717, 1.165) is 0 Å². The minimum absolute atomic E-state index is 0.0160. The Labute approximate surface area is 183 Å². The molecule has 1 fully saturated rings. The number of alkyl halides is 2. The Morgan fingerprint density at radius 3 is 2.20 bits per heavy atom. The van der Waals surface area contributed by atoms with Crippen LogP contribution >= 0.6 is 23.2 Å². The van der Waals surface area contributed by atoms with Crippen LogP contribution in [0.1, 0.15) is 5.56 Å². The van der Waals surface area contributed by atoms with Crippen molar-refractivity contribution in [3.05, 3.63) is 58.1 Å². The van der Waals surface area contributed by atoms with Gasteiger partial charge in [0.25, 0.3) is 0 Å². The van der Waals surface area contributed by atoms with Crippen LogP contribution in [0.15, 0.2) is 47.4 Å². The molecule has 2 aromatic carbocycles. The molecule has 1 heterocycles. The minimum atomic E-state index is -3.75. The lowest BCUT2D eigenvalue weighted by atomic mass is 10.1. The second kappa shape index (κ2) is 9.47. The molecule has 0 radical (unpaired) electrons. The first-order valence-corrected chi connectivity index (χ1v) is 11.1. The molecule has 1 aliphatic rings. The molecule has 0 atom stereocenters. The molecule has 0 saturated carbocycles. The van der Waals surface area contributed by atoms with Gasteiger partial charge in [0.15, 0.2) is 0 Å². The Morgan fingerprint density at radius 1 is 1.00 bits per heavy atom. The standard InChI is InChI=1S/C19H18Cl2F2N2O4S/c20-16-6-5-15(12-17(16)21)30(27,28)25-9-7-24(8-10-25)18(26)11-13-1-3-14(4-2-13)29-19(22)23/h1-6,12,19H,7-11H2. The normalized spacial score (nSPS) is 15.4. The maximum atomic E-state index is 12.8. The summed E-state index contributed by atoms with van der Waals surface area (Å²) in [4.78, 5) is 14.1. The lowest BCUT2D eigenvalue weighted by Crippen LogP contribution is -2.50. The summed E-state index contributed by atoms with van der Waals surface area (Å²) < 4.78 is 55.5. The number of piperazine rings is 1. The molecule has 1 amide bonds. The largest absolute Gasteiger partial charge is 0.435 e. The van der Waals surface area contributed by atoms with Gasteiger partial charge in [-0.25, -0.2) is 8.42 Å². The number of carbonyl (C=O) groups is 1. The van der Waals surface area contributed by atoms with Crippen molar-refractivity contribution in [2.75, 3.05) is 26.2 Å². The van der Waals surface area contributed by atoms with Crippen LogP contribution < -0.4 is 4.74 Å². The van der Waals surface area contributed by atoms with E-state index in [1.807, 2.05) is 0 Å². The third-order valence-corrected chi connectivity index (χ3v) is 7.26. The van der Waals surface area contributed by atoms with Gasteiger partial charge >= 0.3 is 6.61 Å². The molecule has 0 N–H and O–H groups in total. The van der Waals surface area contributed by atoms with Crippen molar-refractivity contribution in [1.82, 2.24) is 9.21 Å². The SMILES string of the molecule is O=C(Cc1ccc(OC(F)F)cc1)N1CCN(S(=O)(=O)c2ccc(Cl)c(Cl)c2)CC1. The summed E-state index contributed by atoms with van der Waals surface area (Å²) in [6, 6.07) is 9.95. The van der Waals surface area contributed by atoms with Gasteiger partial charge in [0, 0.05) is 26.2 Å². The zero-order valence-electron chi connectivity index (χ0n) is 15.6. The highest BCUT2D eigenvalue weighted by molar-refractivity contribution is 7.89. The highest BCUT2D eigenvalue weighted by Crippen LogP contribution is 2.27. The molecule has 0 bridgehead atoms. The molecule has 0 aromatic heterocycles. The van der Waals surface area contributed by atoms with Crippen LogP contribution in [-0.4, -0.2) is 56.3 Å². The number of hydrogen-bond acceptors (Lipinski definition) is 4. The number of amides is 1. The molecule has 0 unspecified atom stereocenters. The predicted molar refractivity (Wildman–Crippen MR) is 109 cm³/mol. The summed E-state index contributed by atoms with van der Waals surface area (Å²) in [6.45, 7) is -2.13. The molecule has 1 saturated heterocycles. The number of halogens is 4. The molecular formula is C19H18Cl2F2N2O4S. The fourth-order valence-corrected chi connectivity index (χ4v) is 4.85. The molecular weight excluding hydrogens is 461 g/mol. The van der Waals surface area contributed by atoms with Gasteiger partial charge in [-0.3, -0.25) is 4.79 Å². The van der Waals surface area contributed by atoms with Gasteiger partial charge in [0.1, 0.15) is 5.75 Å². The summed E-state index contributed by atoms with van der Waals surface area (Å²) in [5.74, 6) is -0.161. The minimum Gasteiger partial charge on any atom is -0.435 e. The fourth-order valence-electron chi connectivity index (χ4n) is 3.04. The van der Waals surface area contributed by atoms with E-state index in [4.69, 9.17) is 23.2 Å². The quantitative estimate of drug-likeness (QED) is 0.635. The molecule has 30 heavy (non-hydrogen) atoms. The zero-order valence-corrected chi connectivity index (χ0v) is 17.9. The van der Waals surface area contributed by atoms with Crippen molar-refractivity contribution in [1.29, 1.82) is 0 Å². The van der Waals surface area contributed by atoms with Crippen molar-refractivity contribution >= 4 is 39.1 Å². The third-order valence-electron chi connectivity index (χ3n) is 4.62. The monoisotopic (exact) mass is 478 g/mol. The lowest BCUT2D eigenvalue weighted by molar-refractivity contribution is -0.131. The Morgan fingerprint density at radius 2 is 1.63 bits per heavy atom. The number of benzene rings is 2. The first-order valence-electron chi connectivity index (χ1n) is 8.93. The van der Waals surface area contributed by atoms with Gasteiger partial charge < -0.3 is 9.64 Å². The molecule has 11 heteroatoms. The highest BCUT2D eigenvalue weighted by Gasteiger charge is 2.30. The Bertz CT molecular complexity index is 1010. The van der Waals surface area contributed by atoms with Crippen molar-refractivity contribution < 1.29 is 26.7 Å². The van der Waals surface area contributed by atoms with E-state index in [-0.39, 0.29) is 59.2 Å². The average Bonchev–Trinajstić information content (AvgIpc) is 2.71. The van der Waals surface area contributed by atoms with E-state index >= 15 is 0 Å². The van der Waals surface area contributed by atoms with E-state index in [2.05, 4.69) is 4.74 Å². The van der Waals surface area contributed by atoms with E-state index in [1.54, 1.807) is 17.0 Å². The van der Waals surface area contributed by atoms with Gasteiger partial charge in [-0.15, -0.1) is 0 Å². The molecule has 0 spiro atoms.